The largest absolute Gasteiger partial charge is 0.463 e. The summed E-state index contributed by atoms with van der Waals surface area (Å²) < 4.78 is 11.6. The molecule has 134 valence electrons. The Morgan fingerprint density at radius 3 is 2.76 bits per heavy atom. The lowest BCUT2D eigenvalue weighted by molar-refractivity contribution is -0.176. The molecule has 5 heteroatoms. The van der Waals surface area contributed by atoms with Crippen LogP contribution < -0.4 is 0 Å². The first kappa shape index (κ1) is 16.6. The number of ether oxygens (including phenoxy) is 2. The summed E-state index contributed by atoms with van der Waals surface area (Å²) in [5.41, 5.74) is -1.03. The lowest BCUT2D eigenvalue weighted by Gasteiger charge is -2.46. The maximum atomic E-state index is 13.3. The second-order valence-electron chi connectivity index (χ2n) is 7.66. The molecule has 0 N–H and O–H groups in total. The molecule has 0 radical (unpaired) electrons. The van der Waals surface area contributed by atoms with Crippen molar-refractivity contribution in [1.82, 2.24) is 4.90 Å². The predicted octanol–water partition coefficient (Wildman–Crippen LogP) is 2.88. The fraction of sp³-hybridized carbons (Fsp3) is 0.600. The second-order valence-corrected chi connectivity index (χ2v) is 7.66. The minimum absolute atomic E-state index is 0.203. The standard InChI is InChI=1S/C20H25NO4/c1-3-24-18(23)19-12-16-10-9-14(2)11-20(16,25-19)21(17(19)22)13-15-7-5-4-6-8-15/h4-8,14,16H,3,9-13H2,1-2H3/t14?,16?,19?,20-/m0/s1. The van der Waals surface area contributed by atoms with Crippen molar-refractivity contribution in [2.24, 2.45) is 11.8 Å². The number of likely N-dealkylation sites (tertiary alicyclic amines) is 1. The van der Waals surface area contributed by atoms with Crippen LogP contribution in [0.2, 0.25) is 0 Å². The molecule has 0 aromatic heterocycles. The summed E-state index contributed by atoms with van der Waals surface area (Å²) in [6.45, 7) is 4.69. The Kier molecular flexibility index (Phi) is 3.87. The van der Waals surface area contributed by atoms with Crippen molar-refractivity contribution < 1.29 is 19.1 Å². The molecule has 1 aromatic rings. The van der Waals surface area contributed by atoms with Crippen LogP contribution in [0.25, 0.3) is 0 Å². The molecule has 1 spiro atoms. The van der Waals surface area contributed by atoms with Crippen LogP contribution in [0.4, 0.5) is 0 Å². The topological polar surface area (TPSA) is 55.8 Å². The van der Waals surface area contributed by atoms with Gasteiger partial charge in [-0.05, 0) is 31.2 Å². The maximum absolute atomic E-state index is 13.3. The van der Waals surface area contributed by atoms with E-state index in [0.29, 0.717) is 18.9 Å². The van der Waals surface area contributed by atoms with Gasteiger partial charge >= 0.3 is 5.97 Å². The van der Waals surface area contributed by atoms with Gasteiger partial charge in [-0.2, -0.15) is 0 Å². The zero-order chi connectivity index (χ0) is 17.7. The predicted molar refractivity (Wildman–Crippen MR) is 91.3 cm³/mol. The number of hydrogen-bond donors (Lipinski definition) is 0. The molecule has 3 fully saturated rings. The van der Waals surface area contributed by atoms with Gasteiger partial charge in [0.15, 0.2) is 0 Å². The van der Waals surface area contributed by atoms with E-state index in [-0.39, 0.29) is 18.4 Å². The Balaban J connectivity index is 1.73. The SMILES string of the molecule is CCOC(=O)C12CC3CCC(C)C[C@@]3(O1)N(Cc1ccccc1)C2=O. The molecule has 3 aliphatic rings. The molecular formula is C20H25NO4. The number of hydrogen-bond acceptors (Lipinski definition) is 4. The Bertz CT molecular complexity index is 690. The zero-order valence-electron chi connectivity index (χ0n) is 14.9. The maximum Gasteiger partial charge on any atom is 0.348 e. The van der Waals surface area contributed by atoms with Gasteiger partial charge in [-0.3, -0.25) is 4.79 Å². The molecule has 3 unspecified atom stereocenters. The molecule has 2 aliphatic heterocycles. The van der Waals surface area contributed by atoms with Gasteiger partial charge in [0.05, 0.1) is 6.61 Å². The number of nitrogens with zero attached hydrogens (tertiary/aromatic N) is 1. The normalized spacial score (nSPS) is 36.4. The summed E-state index contributed by atoms with van der Waals surface area (Å²) in [4.78, 5) is 27.7. The van der Waals surface area contributed by atoms with Crippen molar-refractivity contribution >= 4 is 11.9 Å². The highest BCUT2D eigenvalue weighted by Crippen LogP contribution is 2.59. The van der Waals surface area contributed by atoms with E-state index >= 15 is 0 Å². The van der Waals surface area contributed by atoms with Crippen LogP contribution >= 0.6 is 0 Å². The van der Waals surface area contributed by atoms with E-state index in [2.05, 4.69) is 6.92 Å². The fourth-order valence-electron chi connectivity index (χ4n) is 4.89. The monoisotopic (exact) mass is 343 g/mol. The smallest absolute Gasteiger partial charge is 0.348 e. The molecule has 1 aliphatic carbocycles. The number of esters is 1. The number of amides is 1. The van der Waals surface area contributed by atoms with E-state index in [1.165, 1.54) is 0 Å². The van der Waals surface area contributed by atoms with E-state index in [1.54, 1.807) is 6.92 Å². The van der Waals surface area contributed by atoms with Gasteiger partial charge in [-0.15, -0.1) is 0 Å². The summed E-state index contributed by atoms with van der Waals surface area (Å²) in [6, 6.07) is 9.91. The van der Waals surface area contributed by atoms with Gasteiger partial charge in [0.2, 0.25) is 5.60 Å². The van der Waals surface area contributed by atoms with Crippen LogP contribution in [0.3, 0.4) is 0 Å². The average molecular weight is 343 g/mol. The van der Waals surface area contributed by atoms with E-state index in [0.717, 1.165) is 24.8 Å². The quantitative estimate of drug-likeness (QED) is 0.623. The molecule has 2 saturated heterocycles. The lowest BCUT2D eigenvalue weighted by atomic mass is 9.71. The summed E-state index contributed by atoms with van der Waals surface area (Å²) in [5, 5.41) is 0. The van der Waals surface area contributed by atoms with Crippen LogP contribution in [0.15, 0.2) is 30.3 Å². The zero-order valence-corrected chi connectivity index (χ0v) is 14.9. The lowest BCUT2D eigenvalue weighted by Crippen LogP contribution is -2.58. The fourth-order valence-corrected chi connectivity index (χ4v) is 4.89. The molecule has 5 nitrogen and oxygen atoms in total. The van der Waals surface area contributed by atoms with Gasteiger partial charge in [-0.1, -0.05) is 43.7 Å². The average Bonchev–Trinajstić information content (AvgIpc) is 3.06. The van der Waals surface area contributed by atoms with Gasteiger partial charge in [0.1, 0.15) is 5.72 Å². The first-order valence-corrected chi connectivity index (χ1v) is 9.25. The van der Waals surface area contributed by atoms with Gasteiger partial charge < -0.3 is 14.4 Å². The Hall–Kier alpha value is -1.88. The number of fused-ring (bicyclic) bond motifs is 1. The van der Waals surface area contributed by atoms with E-state index in [1.807, 2.05) is 35.2 Å². The van der Waals surface area contributed by atoms with Crippen molar-refractivity contribution in [2.75, 3.05) is 6.61 Å². The molecule has 1 aromatic carbocycles. The van der Waals surface area contributed by atoms with Crippen molar-refractivity contribution in [3.8, 4) is 0 Å². The van der Waals surface area contributed by atoms with Crippen LogP contribution in [0.1, 0.15) is 45.1 Å². The Morgan fingerprint density at radius 2 is 2.04 bits per heavy atom. The first-order valence-electron chi connectivity index (χ1n) is 9.25. The third-order valence-electron chi connectivity index (χ3n) is 6.01. The number of carbonyl (C=O) groups excluding carboxylic acids is 2. The van der Waals surface area contributed by atoms with Crippen molar-refractivity contribution in [3.63, 3.8) is 0 Å². The number of piperidine rings is 1. The van der Waals surface area contributed by atoms with Crippen LogP contribution in [0, 0.1) is 11.8 Å². The molecule has 1 saturated carbocycles. The van der Waals surface area contributed by atoms with Crippen LogP contribution in [0.5, 0.6) is 0 Å². The van der Waals surface area contributed by atoms with E-state index in [4.69, 9.17) is 9.47 Å². The van der Waals surface area contributed by atoms with Gasteiger partial charge in [0, 0.05) is 18.9 Å². The van der Waals surface area contributed by atoms with Crippen molar-refractivity contribution in [2.45, 2.75) is 57.4 Å². The van der Waals surface area contributed by atoms with Crippen molar-refractivity contribution in [3.05, 3.63) is 35.9 Å². The minimum atomic E-state index is -1.43. The number of rotatable bonds is 4. The highest BCUT2D eigenvalue weighted by Gasteiger charge is 2.74. The molecule has 4 rings (SSSR count). The third-order valence-corrected chi connectivity index (χ3v) is 6.01. The minimum Gasteiger partial charge on any atom is -0.463 e. The highest BCUT2D eigenvalue weighted by molar-refractivity contribution is 6.08. The summed E-state index contributed by atoms with van der Waals surface area (Å²) >= 11 is 0. The first-order chi connectivity index (χ1) is 12.0. The molecule has 1 amide bonds. The summed E-state index contributed by atoms with van der Waals surface area (Å²) in [5.74, 6) is -0.0647. The second kappa shape index (κ2) is 5.84. The molecule has 2 heterocycles. The van der Waals surface area contributed by atoms with Crippen LogP contribution in [-0.4, -0.2) is 34.7 Å². The number of benzene rings is 1. The van der Waals surface area contributed by atoms with Crippen LogP contribution in [-0.2, 0) is 25.6 Å². The highest BCUT2D eigenvalue weighted by atomic mass is 16.6. The third kappa shape index (κ3) is 2.32. The van der Waals surface area contributed by atoms with E-state index < -0.39 is 17.3 Å². The number of carbonyl (C=O) groups is 2. The summed E-state index contributed by atoms with van der Waals surface area (Å²) in [7, 11) is 0. The van der Waals surface area contributed by atoms with Gasteiger partial charge in [0.25, 0.3) is 5.91 Å². The Morgan fingerprint density at radius 1 is 1.28 bits per heavy atom. The van der Waals surface area contributed by atoms with E-state index in [9.17, 15) is 9.59 Å². The summed E-state index contributed by atoms with van der Waals surface area (Å²) in [6.07, 6.45) is 3.35. The van der Waals surface area contributed by atoms with Crippen molar-refractivity contribution in [1.29, 1.82) is 0 Å². The van der Waals surface area contributed by atoms with Gasteiger partial charge in [-0.25, -0.2) is 4.79 Å². The Labute approximate surface area is 148 Å². The molecule has 4 atom stereocenters. The molecule has 25 heavy (non-hydrogen) atoms. The molecule has 2 bridgehead atoms. The molecular weight excluding hydrogens is 318 g/mol.